The number of aliphatic imine (C=N–C) groups is 2. The van der Waals surface area contributed by atoms with Crippen molar-refractivity contribution in [2.24, 2.45) is 9.98 Å². The molecule has 0 amide bonds. The molecule has 0 saturated heterocycles. The van der Waals surface area contributed by atoms with E-state index in [2.05, 4.69) is 37.7 Å². The van der Waals surface area contributed by atoms with E-state index in [1.54, 1.807) is 0 Å². The maximum atomic E-state index is 5.68. The first-order valence-corrected chi connectivity index (χ1v) is 6.91. The van der Waals surface area contributed by atoms with Crippen molar-refractivity contribution >= 4 is 36.6 Å². The van der Waals surface area contributed by atoms with E-state index >= 15 is 0 Å². The average Bonchev–Trinajstić information content (AvgIpc) is 2.92. The molecule has 0 radical (unpaired) electrons. The van der Waals surface area contributed by atoms with Crippen molar-refractivity contribution in [3.63, 3.8) is 0 Å². The standard InChI is InChI=1S/C16H20N2O2.2ClH/c1-15(2)9-19-13(17-15)11-6-5-7-12(8-11)14-18-16(3,4)10-20-14;;/h5-8H,9-10H2,1-4H3;2*1H. The van der Waals surface area contributed by atoms with Crippen LogP contribution in [-0.4, -0.2) is 36.1 Å². The van der Waals surface area contributed by atoms with Crippen LogP contribution in [0.15, 0.2) is 34.3 Å². The molecule has 0 aromatic heterocycles. The SMILES string of the molecule is CC1(C)COC(c2cccc(C3=NC(C)(C)CO3)c2)=N1.Cl.Cl. The molecule has 2 heterocycles. The number of rotatable bonds is 2. The summed E-state index contributed by atoms with van der Waals surface area (Å²) in [4.78, 5) is 9.20. The topological polar surface area (TPSA) is 43.2 Å². The molecule has 0 unspecified atom stereocenters. The van der Waals surface area contributed by atoms with Gasteiger partial charge in [-0.25, -0.2) is 9.98 Å². The summed E-state index contributed by atoms with van der Waals surface area (Å²) in [6.45, 7) is 9.51. The van der Waals surface area contributed by atoms with Gasteiger partial charge in [0, 0.05) is 11.1 Å². The van der Waals surface area contributed by atoms with E-state index in [1.165, 1.54) is 0 Å². The van der Waals surface area contributed by atoms with Crippen LogP contribution in [0, 0.1) is 0 Å². The molecule has 1 aromatic rings. The third kappa shape index (κ3) is 3.93. The minimum Gasteiger partial charge on any atom is -0.475 e. The molecule has 0 atom stereocenters. The van der Waals surface area contributed by atoms with Gasteiger partial charge >= 0.3 is 0 Å². The van der Waals surface area contributed by atoms with E-state index in [0.29, 0.717) is 25.0 Å². The highest BCUT2D eigenvalue weighted by Gasteiger charge is 2.29. The van der Waals surface area contributed by atoms with Crippen LogP contribution in [0.25, 0.3) is 0 Å². The molecule has 22 heavy (non-hydrogen) atoms. The summed E-state index contributed by atoms with van der Waals surface area (Å²) in [6, 6.07) is 8.02. The second kappa shape index (κ2) is 6.47. The maximum absolute atomic E-state index is 5.68. The van der Waals surface area contributed by atoms with Gasteiger partial charge in [-0.3, -0.25) is 0 Å². The summed E-state index contributed by atoms with van der Waals surface area (Å²) in [7, 11) is 0. The zero-order valence-electron chi connectivity index (χ0n) is 13.3. The Morgan fingerprint density at radius 1 is 0.818 bits per heavy atom. The fourth-order valence-corrected chi connectivity index (χ4v) is 2.25. The number of ether oxygens (including phenoxy) is 2. The predicted octanol–water partition coefficient (Wildman–Crippen LogP) is 3.64. The van der Waals surface area contributed by atoms with Crippen LogP contribution in [0.5, 0.6) is 0 Å². The second-order valence-corrected chi connectivity index (χ2v) is 6.62. The Hall–Kier alpha value is -1.26. The van der Waals surface area contributed by atoms with Crippen LogP contribution >= 0.6 is 24.8 Å². The molecular weight excluding hydrogens is 323 g/mol. The number of nitrogens with zero attached hydrogens (tertiary/aromatic N) is 2. The highest BCUT2D eigenvalue weighted by Crippen LogP contribution is 2.24. The average molecular weight is 345 g/mol. The van der Waals surface area contributed by atoms with Crippen molar-refractivity contribution in [2.75, 3.05) is 13.2 Å². The summed E-state index contributed by atoms with van der Waals surface area (Å²) in [6.07, 6.45) is 0. The van der Waals surface area contributed by atoms with Gasteiger partial charge in [0.15, 0.2) is 0 Å². The van der Waals surface area contributed by atoms with Crippen LogP contribution in [-0.2, 0) is 9.47 Å². The fraction of sp³-hybridized carbons (Fsp3) is 0.500. The van der Waals surface area contributed by atoms with Gasteiger partial charge in [-0.2, -0.15) is 0 Å². The van der Waals surface area contributed by atoms with Gasteiger partial charge in [0.05, 0.1) is 11.1 Å². The lowest BCUT2D eigenvalue weighted by molar-refractivity contribution is 0.279. The van der Waals surface area contributed by atoms with Crippen LogP contribution < -0.4 is 0 Å². The number of halogens is 2. The molecule has 2 aliphatic rings. The van der Waals surface area contributed by atoms with Crippen LogP contribution in [0.4, 0.5) is 0 Å². The van der Waals surface area contributed by atoms with Crippen molar-refractivity contribution in [2.45, 2.75) is 38.8 Å². The molecular formula is C16H22Cl2N2O2. The van der Waals surface area contributed by atoms with Gasteiger partial charge in [-0.05, 0) is 45.9 Å². The third-order valence-electron chi connectivity index (χ3n) is 3.29. The summed E-state index contributed by atoms with van der Waals surface area (Å²) in [5.41, 5.74) is 1.66. The largest absolute Gasteiger partial charge is 0.475 e. The lowest BCUT2D eigenvalue weighted by Crippen LogP contribution is -2.17. The van der Waals surface area contributed by atoms with Crippen molar-refractivity contribution in [3.05, 3.63) is 35.4 Å². The molecule has 0 aliphatic carbocycles. The molecule has 0 fully saturated rings. The van der Waals surface area contributed by atoms with Crippen LogP contribution in [0.3, 0.4) is 0 Å². The van der Waals surface area contributed by atoms with Crippen LogP contribution in [0.1, 0.15) is 38.8 Å². The van der Waals surface area contributed by atoms with E-state index in [-0.39, 0.29) is 35.9 Å². The Morgan fingerprint density at radius 3 is 1.55 bits per heavy atom. The Morgan fingerprint density at radius 2 is 1.23 bits per heavy atom. The van der Waals surface area contributed by atoms with Gasteiger partial charge < -0.3 is 9.47 Å². The molecule has 0 bridgehead atoms. The zero-order chi connectivity index (χ0) is 14.4. The van der Waals surface area contributed by atoms with Crippen molar-refractivity contribution in [1.82, 2.24) is 0 Å². The molecule has 122 valence electrons. The maximum Gasteiger partial charge on any atom is 0.216 e. The first-order valence-electron chi connectivity index (χ1n) is 6.91. The van der Waals surface area contributed by atoms with Gasteiger partial charge in [0.2, 0.25) is 11.8 Å². The van der Waals surface area contributed by atoms with E-state index < -0.39 is 0 Å². The Kier molecular flexibility index (Phi) is 5.52. The van der Waals surface area contributed by atoms with Gasteiger partial charge in [0.1, 0.15) is 13.2 Å². The summed E-state index contributed by atoms with van der Waals surface area (Å²) < 4.78 is 11.4. The molecule has 3 rings (SSSR count). The number of hydrogen-bond acceptors (Lipinski definition) is 4. The van der Waals surface area contributed by atoms with Gasteiger partial charge in [-0.1, -0.05) is 6.07 Å². The molecule has 0 spiro atoms. The molecule has 6 heteroatoms. The van der Waals surface area contributed by atoms with Crippen molar-refractivity contribution < 1.29 is 9.47 Å². The summed E-state index contributed by atoms with van der Waals surface area (Å²) in [5, 5.41) is 0. The lowest BCUT2D eigenvalue weighted by atomic mass is 10.1. The molecule has 4 nitrogen and oxygen atoms in total. The first-order chi connectivity index (χ1) is 9.35. The normalized spacial score (nSPS) is 20.7. The fourth-order valence-electron chi connectivity index (χ4n) is 2.25. The smallest absolute Gasteiger partial charge is 0.216 e. The predicted molar refractivity (Wildman–Crippen MR) is 94.1 cm³/mol. The third-order valence-corrected chi connectivity index (χ3v) is 3.29. The van der Waals surface area contributed by atoms with E-state index in [9.17, 15) is 0 Å². The molecule has 0 saturated carbocycles. The van der Waals surface area contributed by atoms with E-state index in [1.807, 2.05) is 24.3 Å². The summed E-state index contributed by atoms with van der Waals surface area (Å²) in [5.74, 6) is 1.41. The minimum absolute atomic E-state index is 0. The summed E-state index contributed by atoms with van der Waals surface area (Å²) >= 11 is 0. The Labute approximate surface area is 143 Å². The highest BCUT2D eigenvalue weighted by atomic mass is 35.5. The highest BCUT2D eigenvalue weighted by molar-refractivity contribution is 6.00. The van der Waals surface area contributed by atoms with Gasteiger partial charge in [0.25, 0.3) is 0 Å². The Balaban J connectivity index is 0.00000121. The van der Waals surface area contributed by atoms with Crippen LogP contribution in [0.2, 0.25) is 0 Å². The Bertz CT molecular complexity index is 561. The zero-order valence-corrected chi connectivity index (χ0v) is 14.9. The molecule has 1 aromatic carbocycles. The van der Waals surface area contributed by atoms with E-state index in [4.69, 9.17) is 9.47 Å². The monoisotopic (exact) mass is 344 g/mol. The lowest BCUT2D eigenvalue weighted by Gasteiger charge is -2.07. The molecule has 0 N–H and O–H groups in total. The van der Waals surface area contributed by atoms with Crippen molar-refractivity contribution in [1.29, 1.82) is 0 Å². The minimum atomic E-state index is -0.144. The quantitative estimate of drug-likeness (QED) is 0.821. The first kappa shape index (κ1) is 18.8. The van der Waals surface area contributed by atoms with E-state index in [0.717, 1.165) is 11.1 Å². The van der Waals surface area contributed by atoms with Gasteiger partial charge in [-0.15, -0.1) is 24.8 Å². The van der Waals surface area contributed by atoms with Crippen molar-refractivity contribution in [3.8, 4) is 0 Å². The second-order valence-electron chi connectivity index (χ2n) is 6.62. The number of hydrogen-bond donors (Lipinski definition) is 0. The number of benzene rings is 1. The molecule has 2 aliphatic heterocycles.